The highest BCUT2D eigenvalue weighted by Gasteiger charge is 2.45. The average molecular weight is 294 g/mol. The van der Waals surface area contributed by atoms with Crippen molar-refractivity contribution in [3.8, 4) is 5.75 Å². The molecule has 1 N–H and O–H groups in total. The zero-order valence-corrected chi connectivity index (χ0v) is 11.9. The van der Waals surface area contributed by atoms with Gasteiger partial charge >= 0.3 is 0 Å². The molecule has 1 aliphatic carbocycles. The van der Waals surface area contributed by atoms with Crippen molar-refractivity contribution in [2.45, 2.75) is 57.3 Å². The Morgan fingerprint density at radius 1 is 1.33 bits per heavy atom. The van der Waals surface area contributed by atoms with Crippen LogP contribution >= 0.6 is 0 Å². The van der Waals surface area contributed by atoms with Crippen LogP contribution in [0, 0.1) is 0 Å². The maximum absolute atomic E-state index is 12.4. The van der Waals surface area contributed by atoms with E-state index in [1.807, 2.05) is 0 Å². The topological polar surface area (TPSA) is 82.8 Å². The van der Waals surface area contributed by atoms with Crippen LogP contribution < -0.4 is 5.56 Å². The summed E-state index contributed by atoms with van der Waals surface area (Å²) in [6.07, 6.45) is 2.71. The summed E-state index contributed by atoms with van der Waals surface area (Å²) in [6, 6.07) is 0. The lowest BCUT2D eigenvalue weighted by atomic mass is 9.99. The second kappa shape index (κ2) is 4.53. The van der Waals surface area contributed by atoms with Crippen molar-refractivity contribution in [3.05, 3.63) is 21.9 Å². The summed E-state index contributed by atoms with van der Waals surface area (Å²) >= 11 is 0. The fourth-order valence-electron chi connectivity index (χ4n) is 3.48. The maximum atomic E-state index is 12.4. The molecule has 0 radical (unpaired) electrons. The highest BCUT2D eigenvalue weighted by Crippen LogP contribution is 2.44. The van der Waals surface area contributed by atoms with Crippen LogP contribution in [0.1, 0.15) is 50.4 Å². The molecule has 4 rings (SSSR count). The summed E-state index contributed by atoms with van der Waals surface area (Å²) in [5, 5.41) is 10.1. The number of ether oxygens (including phenoxy) is 3. The second-order valence-corrected chi connectivity index (χ2v) is 5.85. The molecule has 1 saturated carbocycles. The van der Waals surface area contributed by atoms with Crippen LogP contribution in [-0.4, -0.2) is 27.6 Å². The summed E-state index contributed by atoms with van der Waals surface area (Å²) in [5.41, 5.74) is -0.757. The van der Waals surface area contributed by atoms with E-state index in [4.69, 9.17) is 14.2 Å². The van der Waals surface area contributed by atoms with Gasteiger partial charge in [0.15, 0.2) is 6.29 Å². The van der Waals surface area contributed by atoms with Crippen molar-refractivity contribution < 1.29 is 19.3 Å². The first-order valence-corrected chi connectivity index (χ1v) is 7.40. The average Bonchev–Trinajstić information content (AvgIpc) is 2.90. The Labute approximate surface area is 121 Å². The standard InChI is InChI=1S/C14H18N2O5/c1-8-20-12(21-8)9-10(17)11(18)16-6-7-19-14(13(16)15-9)4-2-3-5-14/h8,12,17H,2-7H2,1H3. The predicted octanol–water partition coefficient (Wildman–Crippen LogP) is 1.14. The van der Waals surface area contributed by atoms with Gasteiger partial charge in [-0.25, -0.2) is 4.98 Å². The Balaban J connectivity index is 1.85. The second-order valence-electron chi connectivity index (χ2n) is 5.85. The van der Waals surface area contributed by atoms with Gasteiger partial charge in [-0.3, -0.25) is 9.36 Å². The van der Waals surface area contributed by atoms with E-state index >= 15 is 0 Å². The Kier molecular flexibility index (Phi) is 2.85. The third-order valence-corrected chi connectivity index (χ3v) is 4.54. The zero-order chi connectivity index (χ0) is 14.6. The quantitative estimate of drug-likeness (QED) is 0.836. The molecule has 114 valence electrons. The van der Waals surface area contributed by atoms with Crippen LogP contribution in [0.15, 0.2) is 4.79 Å². The minimum absolute atomic E-state index is 0.168. The summed E-state index contributed by atoms with van der Waals surface area (Å²) in [6.45, 7) is 2.64. The van der Waals surface area contributed by atoms with Gasteiger partial charge < -0.3 is 19.3 Å². The monoisotopic (exact) mass is 294 g/mol. The van der Waals surface area contributed by atoms with E-state index in [0.717, 1.165) is 25.7 Å². The molecule has 0 aromatic carbocycles. The zero-order valence-electron chi connectivity index (χ0n) is 11.9. The molecule has 1 spiro atoms. The minimum atomic E-state index is -0.765. The molecule has 7 nitrogen and oxygen atoms in total. The Bertz CT molecular complexity index is 629. The van der Waals surface area contributed by atoms with Crippen molar-refractivity contribution in [2.75, 3.05) is 6.61 Å². The van der Waals surface area contributed by atoms with Crippen molar-refractivity contribution in [2.24, 2.45) is 0 Å². The predicted molar refractivity (Wildman–Crippen MR) is 70.6 cm³/mol. The molecule has 3 aliphatic rings. The van der Waals surface area contributed by atoms with E-state index < -0.39 is 17.5 Å². The molecule has 1 aromatic rings. The first kappa shape index (κ1) is 13.2. The van der Waals surface area contributed by atoms with E-state index in [-0.39, 0.29) is 17.7 Å². The van der Waals surface area contributed by atoms with Gasteiger partial charge in [0.1, 0.15) is 17.1 Å². The van der Waals surface area contributed by atoms with Crippen LogP contribution in [0.2, 0.25) is 0 Å². The molecular weight excluding hydrogens is 276 g/mol. The fraction of sp³-hybridized carbons (Fsp3) is 0.714. The smallest absolute Gasteiger partial charge is 0.296 e. The number of nitrogens with zero attached hydrogens (tertiary/aromatic N) is 2. The van der Waals surface area contributed by atoms with Crippen LogP contribution in [0.4, 0.5) is 0 Å². The highest BCUT2D eigenvalue weighted by molar-refractivity contribution is 5.28. The molecule has 1 saturated heterocycles. The van der Waals surface area contributed by atoms with Crippen LogP contribution in [0.3, 0.4) is 0 Å². The molecule has 0 bridgehead atoms. The summed E-state index contributed by atoms with van der Waals surface area (Å²) < 4.78 is 18.2. The fourth-order valence-corrected chi connectivity index (χ4v) is 3.48. The van der Waals surface area contributed by atoms with Gasteiger partial charge in [0.25, 0.3) is 5.56 Å². The molecule has 0 atom stereocenters. The van der Waals surface area contributed by atoms with Gasteiger partial charge in [-0.05, 0) is 32.6 Å². The van der Waals surface area contributed by atoms with Crippen LogP contribution in [0.5, 0.6) is 5.75 Å². The summed E-state index contributed by atoms with van der Waals surface area (Å²) in [5.74, 6) is 0.224. The normalized spacial score (nSPS) is 30.1. The summed E-state index contributed by atoms with van der Waals surface area (Å²) in [7, 11) is 0. The van der Waals surface area contributed by atoms with Gasteiger partial charge in [-0.1, -0.05) is 0 Å². The van der Waals surface area contributed by atoms with Crippen LogP contribution in [-0.2, 0) is 26.4 Å². The number of hydrogen-bond donors (Lipinski definition) is 1. The van der Waals surface area contributed by atoms with Gasteiger partial charge in [0.2, 0.25) is 12.0 Å². The molecule has 0 unspecified atom stereocenters. The van der Waals surface area contributed by atoms with Crippen molar-refractivity contribution in [1.29, 1.82) is 0 Å². The third kappa shape index (κ3) is 1.84. The number of hydrogen-bond acceptors (Lipinski definition) is 6. The van der Waals surface area contributed by atoms with E-state index in [9.17, 15) is 9.90 Å². The molecule has 3 heterocycles. The molecule has 2 fully saturated rings. The number of aromatic nitrogens is 2. The molecule has 1 aromatic heterocycles. The molecular formula is C14H18N2O5. The van der Waals surface area contributed by atoms with Crippen molar-refractivity contribution >= 4 is 0 Å². The largest absolute Gasteiger partial charge is 0.502 e. The SMILES string of the molecule is CC1OC(c2nc3n(c(=O)c2O)CCOC32CCCC2)O1. The van der Waals surface area contributed by atoms with Crippen LogP contribution in [0.25, 0.3) is 0 Å². The minimum Gasteiger partial charge on any atom is -0.502 e. The number of aromatic hydroxyl groups is 1. The lowest BCUT2D eigenvalue weighted by Gasteiger charge is -2.37. The van der Waals surface area contributed by atoms with E-state index in [0.29, 0.717) is 19.0 Å². The van der Waals surface area contributed by atoms with Gasteiger partial charge in [0, 0.05) is 0 Å². The van der Waals surface area contributed by atoms with Crippen molar-refractivity contribution in [1.82, 2.24) is 9.55 Å². The first-order chi connectivity index (χ1) is 10.1. The van der Waals surface area contributed by atoms with E-state index in [1.54, 1.807) is 6.92 Å². The first-order valence-electron chi connectivity index (χ1n) is 7.40. The third-order valence-electron chi connectivity index (χ3n) is 4.54. The highest BCUT2D eigenvalue weighted by atomic mass is 16.9. The van der Waals surface area contributed by atoms with Gasteiger partial charge in [-0.15, -0.1) is 0 Å². The molecule has 0 amide bonds. The molecule has 7 heteroatoms. The Morgan fingerprint density at radius 2 is 2.05 bits per heavy atom. The van der Waals surface area contributed by atoms with E-state index in [2.05, 4.69) is 4.98 Å². The van der Waals surface area contributed by atoms with Gasteiger partial charge in [-0.2, -0.15) is 0 Å². The Morgan fingerprint density at radius 3 is 2.71 bits per heavy atom. The lowest BCUT2D eigenvalue weighted by Crippen LogP contribution is -2.44. The molecule has 2 aliphatic heterocycles. The van der Waals surface area contributed by atoms with Gasteiger partial charge in [0.05, 0.1) is 13.2 Å². The molecule has 21 heavy (non-hydrogen) atoms. The van der Waals surface area contributed by atoms with E-state index in [1.165, 1.54) is 4.57 Å². The Hall–Kier alpha value is -1.44. The number of rotatable bonds is 1. The number of fused-ring (bicyclic) bond motifs is 2. The summed E-state index contributed by atoms with van der Waals surface area (Å²) in [4.78, 5) is 16.9. The van der Waals surface area contributed by atoms with Crippen molar-refractivity contribution in [3.63, 3.8) is 0 Å². The maximum Gasteiger partial charge on any atom is 0.296 e. The lowest BCUT2D eigenvalue weighted by molar-refractivity contribution is -0.384.